The molecule has 0 saturated carbocycles. The van der Waals surface area contributed by atoms with Crippen molar-refractivity contribution in [2.75, 3.05) is 19.6 Å². The average molecular weight is 383 g/mol. The van der Waals surface area contributed by atoms with Crippen molar-refractivity contribution in [3.8, 4) is 0 Å². The maximum absolute atomic E-state index is 3.49. The number of nitrogens with one attached hydrogen (secondary N) is 2. The quantitative estimate of drug-likeness (QED) is 0.584. The summed E-state index contributed by atoms with van der Waals surface area (Å²) in [7, 11) is 0. The summed E-state index contributed by atoms with van der Waals surface area (Å²) in [6.07, 6.45) is 0. The van der Waals surface area contributed by atoms with Crippen LogP contribution in [0.3, 0.4) is 0 Å². The summed E-state index contributed by atoms with van der Waals surface area (Å²) in [5, 5.41) is 6.70. The van der Waals surface area contributed by atoms with Gasteiger partial charge in [0.2, 0.25) is 0 Å². The molecule has 2 nitrogen and oxygen atoms in total. The van der Waals surface area contributed by atoms with Crippen molar-refractivity contribution in [3.63, 3.8) is 0 Å². The lowest BCUT2D eigenvalue weighted by Crippen LogP contribution is -2.26. The topological polar surface area (TPSA) is 24.1 Å². The fourth-order valence-corrected chi connectivity index (χ4v) is 2.19. The highest BCUT2D eigenvalue weighted by molar-refractivity contribution is 14.1. The molecule has 2 N–H and O–H groups in total. The summed E-state index contributed by atoms with van der Waals surface area (Å²) in [5.74, 6) is 0. The molecule has 0 aliphatic carbocycles. The van der Waals surface area contributed by atoms with Gasteiger partial charge in [-0.2, -0.15) is 0 Å². The maximum Gasteiger partial charge on any atom is 0.0216 e. The summed E-state index contributed by atoms with van der Waals surface area (Å²) in [5.41, 5.74) is 1.35. The first kappa shape index (κ1) is 13.4. The lowest BCUT2D eigenvalue weighted by atomic mass is 10.2. The van der Waals surface area contributed by atoms with Crippen LogP contribution in [0.15, 0.2) is 22.7 Å². The van der Waals surface area contributed by atoms with E-state index >= 15 is 0 Å². The van der Waals surface area contributed by atoms with Gasteiger partial charge in [-0.05, 0) is 52.9 Å². The van der Waals surface area contributed by atoms with Crippen LogP contribution in [-0.2, 0) is 6.54 Å². The van der Waals surface area contributed by atoms with Crippen molar-refractivity contribution in [1.82, 2.24) is 10.6 Å². The molecule has 15 heavy (non-hydrogen) atoms. The lowest BCUT2D eigenvalue weighted by Gasteiger charge is -2.07. The second-order valence-corrected chi connectivity index (χ2v) is 5.34. The molecule has 0 atom stereocenters. The van der Waals surface area contributed by atoms with Gasteiger partial charge in [-0.1, -0.05) is 22.9 Å². The van der Waals surface area contributed by atoms with E-state index in [0.29, 0.717) is 0 Å². The summed E-state index contributed by atoms with van der Waals surface area (Å²) in [6, 6.07) is 6.37. The minimum atomic E-state index is 0.934. The van der Waals surface area contributed by atoms with Gasteiger partial charge in [0.15, 0.2) is 0 Å². The molecule has 0 spiro atoms. The van der Waals surface area contributed by atoms with E-state index in [1.54, 1.807) is 0 Å². The Kier molecular flexibility index (Phi) is 6.79. The van der Waals surface area contributed by atoms with Crippen molar-refractivity contribution in [2.45, 2.75) is 13.5 Å². The van der Waals surface area contributed by atoms with Gasteiger partial charge in [-0.15, -0.1) is 0 Å². The van der Waals surface area contributed by atoms with E-state index < -0.39 is 0 Å². The molecule has 0 radical (unpaired) electrons. The van der Waals surface area contributed by atoms with Crippen LogP contribution in [0.4, 0.5) is 0 Å². The van der Waals surface area contributed by atoms with Crippen LogP contribution in [0, 0.1) is 3.57 Å². The Morgan fingerprint density at radius 2 is 2.00 bits per heavy atom. The third-order valence-electron chi connectivity index (χ3n) is 2.05. The van der Waals surface area contributed by atoms with Gasteiger partial charge in [0.25, 0.3) is 0 Å². The molecule has 4 heteroatoms. The number of benzene rings is 1. The highest BCUT2D eigenvalue weighted by Gasteiger charge is 1.99. The molecule has 0 bridgehead atoms. The number of halogens is 2. The zero-order valence-corrected chi connectivity index (χ0v) is 12.6. The van der Waals surface area contributed by atoms with Crippen LogP contribution in [-0.4, -0.2) is 19.6 Å². The highest BCUT2D eigenvalue weighted by Crippen LogP contribution is 2.17. The van der Waals surface area contributed by atoms with Crippen molar-refractivity contribution in [3.05, 3.63) is 31.8 Å². The van der Waals surface area contributed by atoms with Gasteiger partial charge in [-0.3, -0.25) is 0 Å². The molecule has 1 aromatic carbocycles. The van der Waals surface area contributed by atoms with E-state index in [1.165, 1.54) is 9.13 Å². The van der Waals surface area contributed by atoms with Gasteiger partial charge in [0.05, 0.1) is 0 Å². The first-order valence-electron chi connectivity index (χ1n) is 5.09. The Hall–Kier alpha value is 0.350. The zero-order valence-electron chi connectivity index (χ0n) is 8.82. The molecule has 84 valence electrons. The average Bonchev–Trinajstić information content (AvgIpc) is 2.23. The van der Waals surface area contributed by atoms with Gasteiger partial charge in [0.1, 0.15) is 0 Å². The molecule has 0 aromatic heterocycles. The Morgan fingerprint density at radius 1 is 1.27 bits per heavy atom. The molecule has 0 saturated heterocycles. The number of hydrogen-bond acceptors (Lipinski definition) is 2. The van der Waals surface area contributed by atoms with Crippen molar-refractivity contribution in [1.29, 1.82) is 0 Å². The highest BCUT2D eigenvalue weighted by atomic mass is 127. The first-order chi connectivity index (χ1) is 7.24. The Bertz CT molecular complexity index is 305. The fraction of sp³-hybridized carbons (Fsp3) is 0.455. The van der Waals surface area contributed by atoms with Crippen LogP contribution >= 0.6 is 38.5 Å². The standard InChI is InChI=1S/C11H16BrIN2/c1-2-14-5-6-15-8-9-7-10(12)3-4-11(9)13/h3-4,7,14-15H,2,5-6,8H2,1H3. The van der Waals surface area contributed by atoms with Crippen molar-refractivity contribution >= 4 is 38.5 Å². The number of likely N-dealkylation sites (N-methyl/N-ethyl adjacent to an activating group) is 1. The van der Waals surface area contributed by atoms with Crippen LogP contribution in [0.5, 0.6) is 0 Å². The molecule has 0 amide bonds. The normalized spacial score (nSPS) is 10.6. The maximum atomic E-state index is 3.49. The smallest absolute Gasteiger partial charge is 0.0216 e. The van der Waals surface area contributed by atoms with Crippen molar-refractivity contribution < 1.29 is 0 Å². The minimum Gasteiger partial charge on any atom is -0.316 e. The van der Waals surface area contributed by atoms with E-state index in [9.17, 15) is 0 Å². The molecular formula is C11H16BrIN2. The van der Waals surface area contributed by atoms with Gasteiger partial charge in [-0.25, -0.2) is 0 Å². The van der Waals surface area contributed by atoms with E-state index in [-0.39, 0.29) is 0 Å². The summed E-state index contributed by atoms with van der Waals surface area (Å²) in [4.78, 5) is 0. The number of hydrogen-bond donors (Lipinski definition) is 2. The molecule has 0 aliphatic heterocycles. The van der Waals surface area contributed by atoms with Gasteiger partial charge >= 0.3 is 0 Å². The summed E-state index contributed by atoms with van der Waals surface area (Å²) in [6.45, 7) is 6.13. The third kappa shape index (κ3) is 5.29. The molecule has 1 aromatic rings. The summed E-state index contributed by atoms with van der Waals surface area (Å²) < 4.78 is 2.46. The second-order valence-electron chi connectivity index (χ2n) is 3.27. The molecule has 0 fully saturated rings. The van der Waals surface area contributed by atoms with Gasteiger partial charge < -0.3 is 10.6 Å². The zero-order chi connectivity index (χ0) is 11.1. The third-order valence-corrected chi connectivity index (χ3v) is 3.60. The van der Waals surface area contributed by atoms with Crippen LogP contribution in [0.1, 0.15) is 12.5 Å². The van der Waals surface area contributed by atoms with Crippen molar-refractivity contribution in [2.24, 2.45) is 0 Å². The lowest BCUT2D eigenvalue weighted by molar-refractivity contribution is 0.624. The molecule has 0 heterocycles. The summed E-state index contributed by atoms with van der Waals surface area (Å²) >= 11 is 5.86. The molecule has 0 unspecified atom stereocenters. The molecular weight excluding hydrogens is 367 g/mol. The largest absolute Gasteiger partial charge is 0.316 e. The minimum absolute atomic E-state index is 0.934. The van der Waals surface area contributed by atoms with E-state index in [0.717, 1.165) is 30.7 Å². The Labute approximate surface area is 113 Å². The van der Waals surface area contributed by atoms with E-state index in [4.69, 9.17) is 0 Å². The molecule has 1 rings (SSSR count). The van der Waals surface area contributed by atoms with Crippen LogP contribution < -0.4 is 10.6 Å². The predicted molar refractivity (Wildman–Crippen MR) is 77.1 cm³/mol. The van der Waals surface area contributed by atoms with E-state index in [2.05, 4.69) is 74.3 Å². The van der Waals surface area contributed by atoms with Crippen LogP contribution in [0.25, 0.3) is 0 Å². The molecule has 0 aliphatic rings. The van der Waals surface area contributed by atoms with Gasteiger partial charge in [0, 0.05) is 27.7 Å². The Morgan fingerprint density at radius 3 is 2.73 bits per heavy atom. The second kappa shape index (κ2) is 7.60. The van der Waals surface area contributed by atoms with E-state index in [1.807, 2.05) is 0 Å². The SMILES string of the molecule is CCNCCNCc1cc(Br)ccc1I. The monoisotopic (exact) mass is 382 g/mol. The predicted octanol–water partition coefficient (Wildman–Crippen LogP) is 2.75. The Balaban J connectivity index is 2.33. The fourth-order valence-electron chi connectivity index (χ4n) is 1.26. The first-order valence-corrected chi connectivity index (χ1v) is 6.96. The number of rotatable bonds is 6. The van der Waals surface area contributed by atoms with Crippen LogP contribution in [0.2, 0.25) is 0 Å².